The summed E-state index contributed by atoms with van der Waals surface area (Å²) in [5, 5.41) is 3.30. The Hall–Kier alpha value is -0.870. The molecule has 1 fully saturated rings. The van der Waals surface area contributed by atoms with Crippen LogP contribution >= 0.6 is 15.9 Å². The fraction of sp³-hybridized carbons (Fsp3) is 0.588. The van der Waals surface area contributed by atoms with Gasteiger partial charge in [-0.15, -0.1) is 0 Å². The Kier molecular flexibility index (Phi) is 6.24. The topological polar surface area (TPSA) is 32.3 Å². The van der Waals surface area contributed by atoms with Crippen LogP contribution in [0.4, 0.5) is 0 Å². The lowest BCUT2D eigenvalue weighted by molar-refractivity contribution is -0.132. The number of amides is 1. The Bertz CT molecular complexity index is 474. The first-order valence-electron chi connectivity index (χ1n) is 7.88. The lowest BCUT2D eigenvalue weighted by Crippen LogP contribution is -2.40. The molecule has 0 spiro atoms. The molecule has 1 aliphatic carbocycles. The monoisotopic (exact) mass is 352 g/mol. The van der Waals surface area contributed by atoms with E-state index >= 15 is 0 Å². The van der Waals surface area contributed by atoms with Gasteiger partial charge in [0.25, 0.3) is 0 Å². The number of carbonyl (C=O) groups excluding carboxylic acids is 1. The summed E-state index contributed by atoms with van der Waals surface area (Å²) in [6.45, 7) is 6.45. The van der Waals surface area contributed by atoms with Crippen LogP contribution in [0.3, 0.4) is 0 Å². The molecule has 0 bridgehead atoms. The van der Waals surface area contributed by atoms with Gasteiger partial charge in [-0.05, 0) is 50.3 Å². The quantitative estimate of drug-likeness (QED) is 0.772. The lowest BCUT2D eigenvalue weighted by atomic mass is 10.1. The van der Waals surface area contributed by atoms with Crippen LogP contribution in [-0.4, -0.2) is 30.4 Å². The molecule has 116 valence electrons. The van der Waals surface area contributed by atoms with Crippen LogP contribution in [-0.2, 0) is 4.79 Å². The average molecular weight is 353 g/mol. The van der Waals surface area contributed by atoms with Gasteiger partial charge in [0.1, 0.15) is 0 Å². The molecule has 0 aromatic heterocycles. The van der Waals surface area contributed by atoms with Crippen LogP contribution in [0, 0.1) is 5.92 Å². The standard InChI is InChI=1S/C17H25BrN2O/c1-3-10-20(17(21)12-19-11-14-8-9-14)13(2)15-6-4-5-7-16(15)18/h4-7,13-14,19H,3,8-12H2,1-2H3. The fourth-order valence-electron chi connectivity index (χ4n) is 2.56. The van der Waals surface area contributed by atoms with Gasteiger partial charge >= 0.3 is 0 Å². The molecule has 0 heterocycles. The maximum Gasteiger partial charge on any atom is 0.237 e. The second-order valence-corrected chi connectivity index (χ2v) is 6.71. The third kappa shape index (κ3) is 4.82. The fourth-order valence-corrected chi connectivity index (χ4v) is 3.18. The molecular weight excluding hydrogens is 328 g/mol. The van der Waals surface area contributed by atoms with Crippen molar-refractivity contribution in [2.45, 2.75) is 39.2 Å². The molecule has 0 aliphatic heterocycles. The van der Waals surface area contributed by atoms with E-state index in [-0.39, 0.29) is 11.9 Å². The zero-order valence-corrected chi connectivity index (χ0v) is 14.5. The van der Waals surface area contributed by atoms with Crippen molar-refractivity contribution in [3.8, 4) is 0 Å². The summed E-state index contributed by atoms with van der Waals surface area (Å²) >= 11 is 3.59. The van der Waals surface area contributed by atoms with Gasteiger partial charge in [-0.3, -0.25) is 4.79 Å². The van der Waals surface area contributed by atoms with Crippen LogP contribution in [0.1, 0.15) is 44.7 Å². The van der Waals surface area contributed by atoms with E-state index in [1.54, 1.807) is 0 Å². The summed E-state index contributed by atoms with van der Waals surface area (Å²) in [7, 11) is 0. The van der Waals surface area contributed by atoms with E-state index in [0.717, 1.165) is 29.9 Å². The van der Waals surface area contributed by atoms with Gasteiger partial charge in [-0.2, -0.15) is 0 Å². The molecule has 1 aliphatic rings. The summed E-state index contributed by atoms with van der Waals surface area (Å²) in [5.41, 5.74) is 1.17. The molecule has 4 heteroatoms. The van der Waals surface area contributed by atoms with Gasteiger partial charge in [-0.25, -0.2) is 0 Å². The molecule has 1 unspecified atom stereocenters. The molecule has 0 radical (unpaired) electrons. The van der Waals surface area contributed by atoms with E-state index in [9.17, 15) is 4.79 Å². The Morgan fingerprint density at radius 2 is 2.14 bits per heavy atom. The molecule has 21 heavy (non-hydrogen) atoms. The number of rotatable bonds is 8. The van der Waals surface area contributed by atoms with Gasteiger partial charge in [0.05, 0.1) is 12.6 Å². The highest BCUT2D eigenvalue weighted by atomic mass is 79.9. The minimum Gasteiger partial charge on any atom is -0.335 e. The Balaban J connectivity index is 1.98. The van der Waals surface area contributed by atoms with Crippen molar-refractivity contribution in [1.29, 1.82) is 0 Å². The Morgan fingerprint density at radius 1 is 1.43 bits per heavy atom. The predicted octanol–water partition coefficient (Wildman–Crippen LogP) is 3.75. The zero-order chi connectivity index (χ0) is 15.2. The van der Waals surface area contributed by atoms with Crippen molar-refractivity contribution in [2.24, 2.45) is 5.92 Å². The minimum atomic E-state index is 0.0933. The van der Waals surface area contributed by atoms with E-state index < -0.39 is 0 Å². The second kappa shape index (κ2) is 7.95. The molecule has 0 saturated heterocycles. The van der Waals surface area contributed by atoms with Gasteiger partial charge in [0, 0.05) is 11.0 Å². The molecule has 1 aromatic rings. The highest BCUT2D eigenvalue weighted by Gasteiger charge is 2.24. The van der Waals surface area contributed by atoms with Gasteiger partial charge in [-0.1, -0.05) is 41.1 Å². The van der Waals surface area contributed by atoms with Crippen LogP contribution in [0.15, 0.2) is 28.7 Å². The van der Waals surface area contributed by atoms with Gasteiger partial charge in [0.2, 0.25) is 5.91 Å². The third-order valence-electron chi connectivity index (χ3n) is 4.01. The number of hydrogen-bond donors (Lipinski definition) is 1. The van der Waals surface area contributed by atoms with Crippen LogP contribution in [0.25, 0.3) is 0 Å². The van der Waals surface area contributed by atoms with Crippen molar-refractivity contribution in [3.05, 3.63) is 34.3 Å². The van der Waals surface area contributed by atoms with Gasteiger partial charge < -0.3 is 10.2 Å². The van der Waals surface area contributed by atoms with Gasteiger partial charge in [0.15, 0.2) is 0 Å². The molecular formula is C17H25BrN2O. The molecule has 1 aromatic carbocycles. The van der Waals surface area contributed by atoms with E-state index in [1.165, 1.54) is 18.4 Å². The largest absolute Gasteiger partial charge is 0.335 e. The minimum absolute atomic E-state index is 0.0933. The number of halogens is 1. The van der Waals surface area contributed by atoms with Crippen molar-refractivity contribution in [3.63, 3.8) is 0 Å². The predicted molar refractivity (Wildman–Crippen MR) is 90.2 cm³/mol. The van der Waals surface area contributed by atoms with Crippen molar-refractivity contribution < 1.29 is 4.79 Å². The summed E-state index contributed by atoms with van der Waals surface area (Å²) in [5.74, 6) is 0.999. The Morgan fingerprint density at radius 3 is 2.76 bits per heavy atom. The maximum absolute atomic E-state index is 12.5. The molecule has 1 N–H and O–H groups in total. The molecule has 3 nitrogen and oxygen atoms in total. The number of carbonyl (C=O) groups is 1. The number of nitrogens with zero attached hydrogens (tertiary/aromatic N) is 1. The lowest BCUT2D eigenvalue weighted by Gasteiger charge is -2.30. The highest BCUT2D eigenvalue weighted by molar-refractivity contribution is 9.10. The van der Waals surface area contributed by atoms with Crippen molar-refractivity contribution in [2.75, 3.05) is 19.6 Å². The van der Waals surface area contributed by atoms with E-state index in [0.29, 0.717) is 6.54 Å². The van der Waals surface area contributed by atoms with Crippen LogP contribution < -0.4 is 5.32 Å². The summed E-state index contributed by atoms with van der Waals surface area (Å²) in [6, 6.07) is 8.24. The van der Waals surface area contributed by atoms with Crippen LogP contribution in [0.5, 0.6) is 0 Å². The molecule has 2 rings (SSSR count). The molecule has 1 saturated carbocycles. The second-order valence-electron chi connectivity index (χ2n) is 5.86. The first-order valence-corrected chi connectivity index (χ1v) is 8.67. The number of nitrogens with one attached hydrogen (secondary N) is 1. The first kappa shape index (κ1) is 16.5. The highest BCUT2D eigenvalue weighted by Crippen LogP contribution is 2.28. The van der Waals surface area contributed by atoms with Crippen molar-refractivity contribution >= 4 is 21.8 Å². The maximum atomic E-state index is 12.5. The van der Waals surface area contributed by atoms with E-state index in [1.807, 2.05) is 23.1 Å². The Labute approximate surface area is 136 Å². The number of benzene rings is 1. The molecule has 1 amide bonds. The normalized spacial score (nSPS) is 15.8. The summed E-state index contributed by atoms with van der Waals surface area (Å²) in [4.78, 5) is 14.5. The van der Waals surface area contributed by atoms with E-state index in [4.69, 9.17) is 0 Å². The third-order valence-corrected chi connectivity index (χ3v) is 4.74. The summed E-state index contributed by atoms with van der Waals surface area (Å²) < 4.78 is 1.07. The molecule has 1 atom stereocenters. The van der Waals surface area contributed by atoms with Crippen molar-refractivity contribution in [1.82, 2.24) is 10.2 Å². The number of hydrogen-bond acceptors (Lipinski definition) is 2. The SMILES string of the molecule is CCCN(C(=O)CNCC1CC1)C(C)c1ccccc1Br. The van der Waals surface area contributed by atoms with Crippen LogP contribution in [0.2, 0.25) is 0 Å². The first-order chi connectivity index (χ1) is 10.1. The summed E-state index contributed by atoms with van der Waals surface area (Å²) in [6.07, 6.45) is 3.60. The zero-order valence-electron chi connectivity index (χ0n) is 12.9. The van der Waals surface area contributed by atoms with E-state index in [2.05, 4.69) is 41.2 Å². The smallest absolute Gasteiger partial charge is 0.237 e. The average Bonchev–Trinajstić information content (AvgIpc) is 3.28.